The van der Waals surface area contributed by atoms with Gasteiger partial charge in [-0.1, -0.05) is 182 Å². The molecule has 0 amide bonds. The molecule has 2 nitrogen and oxygen atoms in total. The van der Waals surface area contributed by atoms with E-state index in [2.05, 4.69) is 246 Å². The summed E-state index contributed by atoms with van der Waals surface area (Å²) in [6.07, 6.45) is 0. The Morgan fingerprint density at radius 3 is 1.41 bits per heavy atom. The van der Waals surface area contributed by atoms with Crippen LogP contribution in [0.15, 0.2) is 237 Å². The highest BCUT2D eigenvalue weighted by Crippen LogP contribution is 2.52. The average molecular weight is 831 g/mol. The number of hydrogen-bond donors (Lipinski definition) is 0. The lowest BCUT2D eigenvalue weighted by Crippen LogP contribution is -2.61. The Kier molecular flexibility index (Phi) is 8.53. The molecule has 4 heteroatoms. The SMILES string of the molecule is c1ccc(-c2ccc(N3B4c5cc(-c6ccccc6)ccc5N(c5ccc(-c6ccccc6)cc5)c5cc6c(sc7ccccc76)c(c54)-c4cc(-c5ccccc5)ccc43)cc2)cc1. The third-order valence-corrected chi connectivity index (χ3v) is 14.5. The van der Waals surface area contributed by atoms with Crippen molar-refractivity contribution in [3.63, 3.8) is 0 Å². The van der Waals surface area contributed by atoms with Crippen molar-refractivity contribution in [2.75, 3.05) is 9.71 Å². The minimum atomic E-state index is -0.129. The van der Waals surface area contributed by atoms with Crippen molar-refractivity contribution < 1.29 is 0 Å². The molecule has 0 bridgehead atoms. The molecule has 3 heterocycles. The molecule has 10 aromatic carbocycles. The molecule has 0 radical (unpaired) electrons. The van der Waals surface area contributed by atoms with Crippen molar-refractivity contribution >= 4 is 77.7 Å². The van der Waals surface area contributed by atoms with E-state index in [1.165, 1.54) is 104 Å². The molecule has 2 aliphatic heterocycles. The predicted octanol–water partition coefficient (Wildman–Crippen LogP) is 15.4. The first-order chi connectivity index (χ1) is 31.7. The minimum Gasteiger partial charge on any atom is -0.376 e. The molecule has 0 N–H and O–H groups in total. The van der Waals surface area contributed by atoms with Crippen molar-refractivity contribution in [1.82, 2.24) is 0 Å². The molecule has 0 saturated carbocycles. The van der Waals surface area contributed by atoms with Gasteiger partial charge in [-0.25, -0.2) is 0 Å². The van der Waals surface area contributed by atoms with E-state index in [1.54, 1.807) is 0 Å². The summed E-state index contributed by atoms with van der Waals surface area (Å²) < 4.78 is 2.63. The molecular formula is C60H39BN2S. The van der Waals surface area contributed by atoms with Crippen LogP contribution >= 0.6 is 11.3 Å². The van der Waals surface area contributed by atoms with Crippen LogP contribution in [0.3, 0.4) is 0 Å². The lowest BCUT2D eigenvalue weighted by atomic mass is 9.43. The smallest absolute Gasteiger partial charge is 0.333 e. The summed E-state index contributed by atoms with van der Waals surface area (Å²) in [4.78, 5) is 5.18. The zero-order chi connectivity index (χ0) is 42.1. The van der Waals surface area contributed by atoms with Crippen LogP contribution in [0.5, 0.6) is 0 Å². The molecule has 0 unspecified atom stereocenters. The number of benzene rings is 10. The lowest BCUT2D eigenvalue weighted by Gasteiger charge is -2.46. The van der Waals surface area contributed by atoms with Gasteiger partial charge >= 0.3 is 6.85 Å². The Balaban J connectivity index is 1.13. The van der Waals surface area contributed by atoms with Crippen molar-refractivity contribution in [3.05, 3.63) is 237 Å². The van der Waals surface area contributed by atoms with Crippen molar-refractivity contribution in [1.29, 1.82) is 0 Å². The zero-order valence-corrected chi connectivity index (χ0v) is 35.7. The number of anilines is 5. The summed E-state index contributed by atoms with van der Waals surface area (Å²) >= 11 is 1.92. The minimum absolute atomic E-state index is 0.129. The van der Waals surface area contributed by atoms with E-state index in [0.717, 1.165) is 11.4 Å². The molecule has 0 saturated heterocycles. The van der Waals surface area contributed by atoms with Crippen molar-refractivity contribution in [3.8, 4) is 55.6 Å². The van der Waals surface area contributed by atoms with Crippen LogP contribution < -0.4 is 20.6 Å². The molecule has 0 spiro atoms. The number of fused-ring (bicyclic) bond motifs is 8. The van der Waals surface area contributed by atoms with Crippen LogP contribution in [0, 0.1) is 0 Å². The molecular weight excluding hydrogens is 792 g/mol. The van der Waals surface area contributed by atoms with Gasteiger partial charge in [0.2, 0.25) is 0 Å². The van der Waals surface area contributed by atoms with Gasteiger partial charge in [0.1, 0.15) is 0 Å². The fourth-order valence-corrected chi connectivity index (χ4v) is 11.5. The molecule has 0 fully saturated rings. The van der Waals surface area contributed by atoms with Gasteiger partial charge < -0.3 is 9.71 Å². The van der Waals surface area contributed by atoms with Gasteiger partial charge in [-0.3, -0.25) is 0 Å². The summed E-state index contributed by atoms with van der Waals surface area (Å²) in [6, 6.07) is 87.3. The summed E-state index contributed by atoms with van der Waals surface area (Å²) in [5.74, 6) is 0. The monoisotopic (exact) mass is 830 g/mol. The molecule has 0 aliphatic carbocycles. The van der Waals surface area contributed by atoms with Gasteiger partial charge in [-0.05, 0) is 110 Å². The van der Waals surface area contributed by atoms with Gasteiger partial charge in [0.05, 0.1) is 0 Å². The van der Waals surface area contributed by atoms with E-state index < -0.39 is 0 Å². The van der Waals surface area contributed by atoms with Crippen molar-refractivity contribution in [2.24, 2.45) is 0 Å². The molecule has 11 aromatic rings. The summed E-state index contributed by atoms with van der Waals surface area (Å²) in [5.41, 5.74) is 20.7. The van der Waals surface area contributed by atoms with Gasteiger partial charge in [0.25, 0.3) is 0 Å². The van der Waals surface area contributed by atoms with Crippen LogP contribution in [-0.4, -0.2) is 6.85 Å². The van der Waals surface area contributed by atoms with Crippen LogP contribution in [0.25, 0.3) is 75.8 Å². The Hall–Kier alpha value is -7.92. The third kappa shape index (κ3) is 5.87. The van der Waals surface area contributed by atoms with Gasteiger partial charge in [-0.15, -0.1) is 11.3 Å². The second-order valence-electron chi connectivity index (χ2n) is 16.8. The fourth-order valence-electron chi connectivity index (χ4n) is 10.3. The normalized spacial score (nSPS) is 12.6. The predicted molar refractivity (Wildman–Crippen MR) is 275 cm³/mol. The van der Waals surface area contributed by atoms with E-state index in [1.807, 2.05) is 11.3 Å². The van der Waals surface area contributed by atoms with Crippen LogP contribution in [0.2, 0.25) is 0 Å². The van der Waals surface area contributed by atoms with E-state index in [0.29, 0.717) is 0 Å². The first-order valence-electron chi connectivity index (χ1n) is 22.0. The quantitative estimate of drug-likeness (QED) is 0.154. The zero-order valence-electron chi connectivity index (χ0n) is 34.9. The van der Waals surface area contributed by atoms with Crippen molar-refractivity contribution in [2.45, 2.75) is 0 Å². The molecule has 13 rings (SSSR count). The first-order valence-corrected chi connectivity index (χ1v) is 22.8. The number of thiophene rings is 1. The highest BCUT2D eigenvalue weighted by Gasteiger charge is 2.46. The Bertz CT molecular complexity index is 3530. The summed E-state index contributed by atoms with van der Waals surface area (Å²) in [7, 11) is 0. The van der Waals surface area contributed by atoms with E-state index in [-0.39, 0.29) is 6.85 Å². The maximum absolute atomic E-state index is 2.63. The van der Waals surface area contributed by atoms with Crippen LogP contribution in [0.4, 0.5) is 28.4 Å². The Labute approximate surface area is 377 Å². The van der Waals surface area contributed by atoms with Crippen LogP contribution in [-0.2, 0) is 0 Å². The summed E-state index contributed by atoms with van der Waals surface area (Å²) in [5, 5.41) is 2.59. The lowest BCUT2D eigenvalue weighted by molar-refractivity contribution is 1.28. The highest BCUT2D eigenvalue weighted by atomic mass is 32.1. The Morgan fingerprint density at radius 1 is 0.344 bits per heavy atom. The highest BCUT2D eigenvalue weighted by molar-refractivity contribution is 7.26. The number of rotatable bonds is 6. The van der Waals surface area contributed by atoms with Gasteiger partial charge in [-0.2, -0.15) is 0 Å². The van der Waals surface area contributed by atoms with E-state index >= 15 is 0 Å². The number of nitrogens with zero attached hydrogens (tertiary/aromatic N) is 2. The molecule has 1 aromatic heterocycles. The molecule has 64 heavy (non-hydrogen) atoms. The average Bonchev–Trinajstić information content (AvgIpc) is 3.75. The standard InChI is InChI=1S/C60H39BN2S/c1-5-15-40(16-6-1)44-25-31-48(32-26-44)62-55-36-30-47(43-21-11-4-12-22-43)38-53(55)61-59-56(62)39-51-50-23-13-14-24-57(50)64-60(51)58(59)52-37-46(42-19-9-3-10-20-42)29-35-54(52)63(61)49-33-27-45(28-34-49)41-17-7-2-8-18-41/h1-39H. The third-order valence-electron chi connectivity index (χ3n) is 13.2. The molecule has 0 atom stereocenters. The molecule has 2 aliphatic rings. The largest absolute Gasteiger partial charge is 0.376 e. The summed E-state index contributed by atoms with van der Waals surface area (Å²) in [6.45, 7) is -0.129. The molecule has 298 valence electrons. The van der Waals surface area contributed by atoms with E-state index in [9.17, 15) is 0 Å². The number of hydrogen-bond acceptors (Lipinski definition) is 3. The first kappa shape index (κ1) is 36.7. The fraction of sp³-hybridized carbons (Fsp3) is 0. The van der Waals surface area contributed by atoms with Gasteiger partial charge in [0.15, 0.2) is 0 Å². The second-order valence-corrected chi connectivity index (χ2v) is 17.9. The van der Waals surface area contributed by atoms with Crippen LogP contribution in [0.1, 0.15) is 0 Å². The maximum Gasteiger partial charge on any atom is 0.333 e. The maximum atomic E-state index is 2.63. The Morgan fingerprint density at radius 2 is 0.812 bits per heavy atom. The second kappa shape index (κ2) is 14.9. The van der Waals surface area contributed by atoms with E-state index in [4.69, 9.17) is 0 Å². The van der Waals surface area contributed by atoms with Gasteiger partial charge in [0, 0.05) is 59.7 Å². The topological polar surface area (TPSA) is 6.48 Å².